The van der Waals surface area contributed by atoms with Crippen molar-refractivity contribution >= 4 is 17.1 Å². The summed E-state index contributed by atoms with van der Waals surface area (Å²) in [7, 11) is 0. The Labute approximate surface area is 124 Å². The molecule has 0 radical (unpaired) electrons. The minimum Gasteiger partial charge on any atom is -0.278 e. The average molecular weight is 287 g/mol. The summed E-state index contributed by atoms with van der Waals surface area (Å²) in [5.41, 5.74) is 4.98. The van der Waals surface area contributed by atoms with Crippen LogP contribution in [0.15, 0.2) is 29.4 Å². The fraction of sp³-hybridized carbons (Fsp3) is 0.562. The van der Waals surface area contributed by atoms with Crippen LogP contribution >= 0.6 is 0 Å². The van der Waals surface area contributed by atoms with Crippen LogP contribution in [0.3, 0.4) is 0 Å². The first kappa shape index (κ1) is 14.0. The van der Waals surface area contributed by atoms with E-state index >= 15 is 0 Å². The van der Waals surface area contributed by atoms with Crippen LogP contribution in [0, 0.1) is 22.0 Å². The minimum atomic E-state index is -0.383. The van der Waals surface area contributed by atoms with E-state index < -0.39 is 0 Å². The van der Waals surface area contributed by atoms with Gasteiger partial charge in [-0.2, -0.15) is 5.10 Å². The van der Waals surface area contributed by atoms with Crippen molar-refractivity contribution in [1.29, 1.82) is 0 Å². The molecule has 1 aromatic carbocycles. The van der Waals surface area contributed by atoms with Crippen molar-refractivity contribution in [2.75, 3.05) is 5.43 Å². The number of nitro groups is 1. The smallest absolute Gasteiger partial charge is 0.271 e. The number of hydrogen-bond donors (Lipinski definition) is 1. The first-order chi connectivity index (χ1) is 10.2. The van der Waals surface area contributed by atoms with Crippen molar-refractivity contribution in [2.24, 2.45) is 16.9 Å². The van der Waals surface area contributed by atoms with E-state index in [0.29, 0.717) is 5.69 Å². The molecule has 2 fully saturated rings. The average Bonchev–Trinajstić information content (AvgIpc) is 2.53. The minimum absolute atomic E-state index is 0.0937. The lowest BCUT2D eigenvalue weighted by molar-refractivity contribution is -0.384. The Balaban J connectivity index is 1.63. The Morgan fingerprint density at radius 3 is 2.81 bits per heavy atom. The number of nitrogens with zero attached hydrogens (tertiary/aromatic N) is 2. The summed E-state index contributed by atoms with van der Waals surface area (Å²) in [5, 5.41) is 15.2. The van der Waals surface area contributed by atoms with Crippen molar-refractivity contribution in [1.82, 2.24) is 0 Å². The Hall–Kier alpha value is -1.91. The summed E-state index contributed by atoms with van der Waals surface area (Å²) in [6.07, 6.45) is 8.86. The van der Waals surface area contributed by atoms with Crippen LogP contribution in [0.4, 0.5) is 11.4 Å². The van der Waals surface area contributed by atoms with Gasteiger partial charge < -0.3 is 0 Å². The first-order valence-corrected chi connectivity index (χ1v) is 7.78. The number of hydrogen-bond acceptors (Lipinski definition) is 4. The maximum atomic E-state index is 10.8. The van der Waals surface area contributed by atoms with E-state index in [1.54, 1.807) is 6.07 Å². The van der Waals surface area contributed by atoms with Gasteiger partial charge in [-0.3, -0.25) is 15.5 Å². The number of anilines is 1. The van der Waals surface area contributed by atoms with E-state index in [4.69, 9.17) is 0 Å². The normalized spacial score (nSPS) is 27.1. The maximum absolute atomic E-state index is 10.8. The van der Waals surface area contributed by atoms with Gasteiger partial charge >= 0.3 is 0 Å². The van der Waals surface area contributed by atoms with E-state index in [2.05, 4.69) is 10.5 Å². The molecule has 2 saturated carbocycles. The Morgan fingerprint density at radius 1 is 1.19 bits per heavy atom. The predicted octanol–water partition coefficient (Wildman–Crippen LogP) is 4.35. The highest BCUT2D eigenvalue weighted by molar-refractivity contribution is 5.86. The van der Waals surface area contributed by atoms with Gasteiger partial charge in [0.2, 0.25) is 0 Å². The lowest BCUT2D eigenvalue weighted by Gasteiger charge is -2.35. The van der Waals surface area contributed by atoms with Crippen molar-refractivity contribution < 1.29 is 4.92 Å². The molecule has 2 aliphatic rings. The third-order valence-corrected chi connectivity index (χ3v) is 4.77. The van der Waals surface area contributed by atoms with Gasteiger partial charge in [0.05, 0.1) is 10.6 Å². The number of nitrogens with one attached hydrogen (secondary N) is 1. The highest BCUT2D eigenvalue weighted by atomic mass is 16.6. The van der Waals surface area contributed by atoms with Gasteiger partial charge in [-0.15, -0.1) is 0 Å². The summed E-state index contributed by atoms with van der Waals surface area (Å²) < 4.78 is 0. The number of non-ortho nitro benzene ring substituents is 1. The molecule has 5 heteroatoms. The van der Waals surface area contributed by atoms with Gasteiger partial charge in [0, 0.05) is 17.8 Å². The summed E-state index contributed by atoms with van der Waals surface area (Å²) in [5.74, 6) is 1.70. The van der Waals surface area contributed by atoms with E-state index in [1.807, 2.05) is 6.07 Å². The number of rotatable bonds is 3. The molecule has 21 heavy (non-hydrogen) atoms. The topological polar surface area (TPSA) is 67.5 Å². The standard InChI is InChI=1S/C16H21N3O2/c20-19(21)16-7-3-6-14(11-16)17-18-15-9-8-12-4-1-2-5-13(12)10-15/h3,6-7,11-13,17H,1-2,4-5,8-10H2/b18-15+/t12-,13+/m1/s1. The lowest BCUT2D eigenvalue weighted by atomic mass is 9.70. The fourth-order valence-electron chi connectivity index (χ4n) is 3.62. The molecule has 2 aliphatic carbocycles. The monoisotopic (exact) mass is 287 g/mol. The van der Waals surface area contributed by atoms with Crippen molar-refractivity contribution in [2.45, 2.75) is 44.9 Å². The van der Waals surface area contributed by atoms with Crippen LogP contribution in [0.25, 0.3) is 0 Å². The zero-order valence-corrected chi connectivity index (χ0v) is 12.1. The molecule has 0 bridgehead atoms. The number of benzene rings is 1. The summed E-state index contributed by atoms with van der Waals surface area (Å²) in [6.45, 7) is 0. The van der Waals surface area contributed by atoms with Gasteiger partial charge in [0.1, 0.15) is 0 Å². The van der Waals surface area contributed by atoms with Crippen LogP contribution in [-0.2, 0) is 0 Å². The van der Waals surface area contributed by atoms with Crippen LogP contribution in [0.1, 0.15) is 44.9 Å². The number of fused-ring (bicyclic) bond motifs is 1. The second-order valence-corrected chi connectivity index (χ2v) is 6.14. The largest absolute Gasteiger partial charge is 0.278 e. The van der Waals surface area contributed by atoms with Crippen LogP contribution in [0.2, 0.25) is 0 Å². The molecule has 3 rings (SSSR count). The van der Waals surface area contributed by atoms with E-state index in [0.717, 1.165) is 24.7 Å². The van der Waals surface area contributed by atoms with Gasteiger partial charge in [0.15, 0.2) is 0 Å². The Morgan fingerprint density at radius 2 is 2.00 bits per heavy atom. The maximum Gasteiger partial charge on any atom is 0.271 e. The molecule has 0 amide bonds. The van der Waals surface area contributed by atoms with Crippen molar-refractivity contribution in [3.8, 4) is 0 Å². The zero-order valence-electron chi connectivity index (χ0n) is 12.1. The second-order valence-electron chi connectivity index (χ2n) is 6.14. The lowest BCUT2D eigenvalue weighted by Crippen LogP contribution is -2.28. The molecule has 112 valence electrons. The predicted molar refractivity (Wildman–Crippen MR) is 83.5 cm³/mol. The summed E-state index contributed by atoms with van der Waals surface area (Å²) >= 11 is 0. The second kappa shape index (κ2) is 6.24. The van der Waals surface area contributed by atoms with E-state index in [1.165, 1.54) is 49.9 Å². The molecule has 5 nitrogen and oxygen atoms in total. The van der Waals surface area contributed by atoms with Gasteiger partial charge in [-0.05, 0) is 43.6 Å². The van der Waals surface area contributed by atoms with Crippen LogP contribution in [0.5, 0.6) is 0 Å². The van der Waals surface area contributed by atoms with Gasteiger partial charge in [-0.1, -0.05) is 25.3 Å². The Kier molecular flexibility index (Phi) is 4.18. The SMILES string of the molecule is O=[N+]([O-])c1cccc(N/N=C2\CC[C@H]3CCCC[C@H]3C2)c1. The molecule has 0 aromatic heterocycles. The highest BCUT2D eigenvalue weighted by Gasteiger charge is 2.30. The molecule has 0 aliphatic heterocycles. The first-order valence-electron chi connectivity index (χ1n) is 7.78. The summed E-state index contributed by atoms with van der Waals surface area (Å²) in [6, 6.07) is 6.50. The quantitative estimate of drug-likeness (QED) is 0.663. The van der Waals surface area contributed by atoms with E-state index in [-0.39, 0.29) is 10.6 Å². The third kappa shape index (κ3) is 3.40. The molecule has 1 N–H and O–H groups in total. The molecule has 0 spiro atoms. The fourth-order valence-corrected chi connectivity index (χ4v) is 3.62. The van der Waals surface area contributed by atoms with Crippen LogP contribution in [-0.4, -0.2) is 10.6 Å². The van der Waals surface area contributed by atoms with Crippen molar-refractivity contribution in [3.63, 3.8) is 0 Å². The molecule has 0 saturated heterocycles. The third-order valence-electron chi connectivity index (χ3n) is 4.77. The zero-order chi connectivity index (χ0) is 14.7. The Bertz CT molecular complexity index is 556. The molecule has 1 aromatic rings. The van der Waals surface area contributed by atoms with Gasteiger partial charge in [-0.25, -0.2) is 0 Å². The molecule has 0 unspecified atom stereocenters. The van der Waals surface area contributed by atoms with Gasteiger partial charge in [0.25, 0.3) is 5.69 Å². The molecular formula is C16H21N3O2. The molecule has 2 atom stereocenters. The number of hydrazone groups is 1. The summed E-state index contributed by atoms with van der Waals surface area (Å²) in [4.78, 5) is 10.4. The van der Waals surface area contributed by atoms with Crippen LogP contribution < -0.4 is 5.43 Å². The molecular weight excluding hydrogens is 266 g/mol. The highest BCUT2D eigenvalue weighted by Crippen LogP contribution is 2.39. The number of nitro benzene ring substituents is 1. The molecule has 0 heterocycles. The van der Waals surface area contributed by atoms with Crippen molar-refractivity contribution in [3.05, 3.63) is 34.4 Å². The van der Waals surface area contributed by atoms with E-state index in [9.17, 15) is 10.1 Å².